The molecule has 0 saturated carbocycles. The summed E-state index contributed by atoms with van der Waals surface area (Å²) in [6.45, 7) is 0. The number of nitrogens with zero attached hydrogens (tertiary/aromatic N) is 1. The minimum absolute atomic E-state index is 0.883. The van der Waals surface area contributed by atoms with Crippen LogP contribution in [0.25, 0.3) is 103 Å². The van der Waals surface area contributed by atoms with Crippen molar-refractivity contribution in [3.8, 4) is 39.1 Å². The molecule has 0 spiro atoms. The number of hydrogen-bond acceptors (Lipinski definition) is 2. The lowest BCUT2D eigenvalue weighted by Gasteiger charge is -2.10. The van der Waals surface area contributed by atoms with E-state index in [1.54, 1.807) is 0 Å². The first-order valence-corrected chi connectivity index (χ1v) is 18.2. The average molecular weight is 668 g/mol. The molecule has 0 aliphatic carbocycles. The number of rotatable bonds is 4. The molecule has 51 heavy (non-hydrogen) atoms. The van der Waals surface area contributed by atoms with Crippen molar-refractivity contribution in [3.63, 3.8) is 0 Å². The Labute approximate surface area is 298 Å². The van der Waals surface area contributed by atoms with Crippen molar-refractivity contribution in [2.24, 2.45) is 0 Å². The van der Waals surface area contributed by atoms with Gasteiger partial charge in [-0.05, 0) is 70.3 Å². The molecular formula is C48H29NOS. The predicted molar refractivity (Wildman–Crippen MR) is 217 cm³/mol. The van der Waals surface area contributed by atoms with Crippen LogP contribution in [-0.4, -0.2) is 4.57 Å². The molecule has 238 valence electrons. The van der Waals surface area contributed by atoms with E-state index >= 15 is 0 Å². The second-order valence-electron chi connectivity index (χ2n) is 13.2. The molecule has 3 aromatic heterocycles. The lowest BCUT2D eigenvalue weighted by Crippen LogP contribution is -1.94. The third kappa shape index (κ3) is 4.29. The summed E-state index contributed by atoms with van der Waals surface area (Å²) >= 11 is 1.86. The number of furan rings is 1. The largest absolute Gasteiger partial charge is 0.453 e. The van der Waals surface area contributed by atoms with Crippen LogP contribution in [0.15, 0.2) is 180 Å². The fourth-order valence-corrected chi connectivity index (χ4v) is 9.24. The highest BCUT2D eigenvalue weighted by Gasteiger charge is 2.21. The van der Waals surface area contributed by atoms with Crippen molar-refractivity contribution < 1.29 is 4.42 Å². The Morgan fingerprint density at radius 2 is 1.06 bits per heavy atom. The van der Waals surface area contributed by atoms with E-state index in [-0.39, 0.29) is 0 Å². The molecule has 0 fully saturated rings. The lowest BCUT2D eigenvalue weighted by molar-refractivity contribution is 0.667. The van der Waals surface area contributed by atoms with Crippen LogP contribution < -0.4 is 0 Å². The molecule has 0 unspecified atom stereocenters. The predicted octanol–water partition coefficient (Wildman–Crippen LogP) is 14.1. The van der Waals surface area contributed by atoms with E-state index in [4.69, 9.17) is 4.42 Å². The van der Waals surface area contributed by atoms with Gasteiger partial charge in [0, 0.05) is 47.3 Å². The van der Waals surface area contributed by atoms with Gasteiger partial charge >= 0.3 is 0 Å². The third-order valence-corrected chi connectivity index (χ3v) is 11.5. The Hall–Kier alpha value is -6.42. The highest BCUT2D eigenvalue weighted by atomic mass is 32.1. The molecule has 0 saturated heterocycles. The van der Waals surface area contributed by atoms with Crippen LogP contribution in [0.3, 0.4) is 0 Å². The van der Waals surface area contributed by atoms with E-state index in [9.17, 15) is 0 Å². The maximum absolute atomic E-state index is 7.12. The SMILES string of the molecule is c1ccc(-c2ccc3c4ccccc4n(-c4cccc5c4oc4c(-c6ccccc6)cc(-c6cccc7sc8ccccc8c67)cc45)c3c2)cc1. The van der Waals surface area contributed by atoms with Crippen molar-refractivity contribution in [2.45, 2.75) is 0 Å². The Morgan fingerprint density at radius 3 is 1.92 bits per heavy atom. The van der Waals surface area contributed by atoms with Gasteiger partial charge in [-0.3, -0.25) is 0 Å². The van der Waals surface area contributed by atoms with Crippen LogP contribution in [0, 0.1) is 0 Å². The van der Waals surface area contributed by atoms with Crippen LogP contribution in [0.5, 0.6) is 0 Å². The fourth-order valence-electron chi connectivity index (χ4n) is 8.10. The molecule has 2 nitrogen and oxygen atoms in total. The van der Waals surface area contributed by atoms with Gasteiger partial charge in [-0.1, -0.05) is 133 Å². The molecule has 11 rings (SSSR count). The molecule has 11 aromatic rings. The zero-order valence-electron chi connectivity index (χ0n) is 27.5. The van der Waals surface area contributed by atoms with E-state index in [1.165, 1.54) is 53.2 Å². The van der Waals surface area contributed by atoms with Crippen molar-refractivity contribution in [3.05, 3.63) is 176 Å². The van der Waals surface area contributed by atoms with Crippen molar-refractivity contribution >= 4 is 75.3 Å². The van der Waals surface area contributed by atoms with Gasteiger partial charge in [0.25, 0.3) is 0 Å². The van der Waals surface area contributed by atoms with Gasteiger partial charge < -0.3 is 8.98 Å². The fraction of sp³-hybridized carbons (Fsp3) is 0. The van der Waals surface area contributed by atoms with Crippen molar-refractivity contribution in [1.82, 2.24) is 4.57 Å². The Kier molecular flexibility index (Phi) is 6.16. The summed E-state index contributed by atoms with van der Waals surface area (Å²) in [5.41, 5.74) is 12.2. The summed E-state index contributed by atoms with van der Waals surface area (Å²) in [7, 11) is 0. The number of benzene rings is 8. The van der Waals surface area contributed by atoms with Crippen LogP contribution in [0.4, 0.5) is 0 Å². The number of hydrogen-bond donors (Lipinski definition) is 0. The highest BCUT2D eigenvalue weighted by Crippen LogP contribution is 2.46. The van der Waals surface area contributed by atoms with Crippen molar-refractivity contribution in [2.75, 3.05) is 0 Å². The monoisotopic (exact) mass is 667 g/mol. The molecule has 0 amide bonds. The van der Waals surface area contributed by atoms with E-state index in [2.05, 4.69) is 180 Å². The molecule has 3 heteroatoms. The molecule has 0 bridgehead atoms. The van der Waals surface area contributed by atoms with Crippen LogP contribution in [0.2, 0.25) is 0 Å². The van der Waals surface area contributed by atoms with Crippen LogP contribution in [0.1, 0.15) is 0 Å². The molecule has 3 heterocycles. The summed E-state index contributed by atoms with van der Waals surface area (Å²) in [6.07, 6.45) is 0. The summed E-state index contributed by atoms with van der Waals surface area (Å²) in [5, 5.41) is 7.28. The topological polar surface area (TPSA) is 18.1 Å². The normalized spacial score (nSPS) is 11.9. The van der Waals surface area contributed by atoms with Gasteiger partial charge in [0.1, 0.15) is 5.58 Å². The molecule has 0 radical (unpaired) electrons. The number of aromatic nitrogens is 1. The Bertz CT molecular complexity index is 3130. The highest BCUT2D eigenvalue weighted by molar-refractivity contribution is 7.25. The number of para-hydroxylation sites is 2. The minimum Gasteiger partial charge on any atom is -0.453 e. The lowest BCUT2D eigenvalue weighted by atomic mass is 9.93. The first kappa shape index (κ1) is 28.4. The first-order chi connectivity index (χ1) is 25.3. The summed E-state index contributed by atoms with van der Waals surface area (Å²) in [6, 6.07) is 63.6. The molecule has 0 aliphatic heterocycles. The molecule has 8 aromatic carbocycles. The summed E-state index contributed by atoms with van der Waals surface area (Å²) in [4.78, 5) is 0. The minimum atomic E-state index is 0.883. The Morgan fingerprint density at radius 1 is 0.373 bits per heavy atom. The quantitative estimate of drug-likeness (QED) is 0.183. The second-order valence-corrected chi connectivity index (χ2v) is 14.3. The summed E-state index contributed by atoms with van der Waals surface area (Å²) in [5.74, 6) is 0. The van der Waals surface area contributed by atoms with E-state index < -0.39 is 0 Å². The second kappa shape index (κ2) is 11.0. The zero-order chi connectivity index (χ0) is 33.5. The molecule has 0 aliphatic rings. The van der Waals surface area contributed by atoms with Crippen LogP contribution in [-0.2, 0) is 0 Å². The molecular weight excluding hydrogens is 639 g/mol. The van der Waals surface area contributed by atoms with Gasteiger partial charge in [0.05, 0.1) is 16.7 Å². The molecule has 0 N–H and O–H groups in total. The van der Waals surface area contributed by atoms with E-state index in [0.717, 1.165) is 49.8 Å². The smallest absolute Gasteiger partial charge is 0.159 e. The van der Waals surface area contributed by atoms with Gasteiger partial charge in [0.15, 0.2) is 5.58 Å². The number of thiophene rings is 1. The van der Waals surface area contributed by atoms with Gasteiger partial charge in [-0.2, -0.15) is 0 Å². The maximum Gasteiger partial charge on any atom is 0.159 e. The zero-order valence-corrected chi connectivity index (χ0v) is 28.3. The van der Waals surface area contributed by atoms with Gasteiger partial charge in [-0.25, -0.2) is 0 Å². The average Bonchev–Trinajstić information content (AvgIpc) is 3.88. The van der Waals surface area contributed by atoms with Crippen molar-refractivity contribution in [1.29, 1.82) is 0 Å². The third-order valence-electron chi connectivity index (χ3n) is 10.4. The standard InChI is InChI=1S/C48H29NOS/c1-3-13-30(14-4-1)32-25-26-36-35-17-7-9-21-41(35)49(43(36)29-32)42-22-11-20-37-40-28-33(27-39(47(40)50-48(37)42)31-15-5-2-6-16-31)34-19-12-24-45-46(34)38-18-8-10-23-44(38)51-45/h1-29H. The Balaban J connectivity index is 1.23. The maximum atomic E-state index is 7.12. The van der Waals surface area contributed by atoms with E-state index in [1.807, 2.05) is 11.3 Å². The van der Waals surface area contributed by atoms with E-state index in [0.29, 0.717) is 0 Å². The van der Waals surface area contributed by atoms with Crippen LogP contribution >= 0.6 is 11.3 Å². The summed E-state index contributed by atoms with van der Waals surface area (Å²) < 4.78 is 12.1. The molecule has 0 atom stereocenters. The number of fused-ring (bicyclic) bond motifs is 9. The van der Waals surface area contributed by atoms with Gasteiger partial charge in [0.2, 0.25) is 0 Å². The van der Waals surface area contributed by atoms with Gasteiger partial charge in [-0.15, -0.1) is 11.3 Å². The first-order valence-electron chi connectivity index (χ1n) is 17.3.